The van der Waals surface area contributed by atoms with Crippen LogP contribution in [0.4, 0.5) is 0 Å². The maximum absolute atomic E-state index is 13.5. The van der Waals surface area contributed by atoms with Gasteiger partial charge in [-0.05, 0) is 50.1 Å². The molecule has 1 aromatic heterocycles. The van der Waals surface area contributed by atoms with Gasteiger partial charge in [0.15, 0.2) is 0 Å². The number of sulfonamides is 1. The molecular weight excluding hydrogens is 440 g/mol. The molecule has 2 aromatic carbocycles. The Labute approximate surface area is 195 Å². The van der Waals surface area contributed by atoms with Gasteiger partial charge >= 0.3 is 0 Å². The van der Waals surface area contributed by atoms with Crippen LogP contribution in [0.5, 0.6) is 5.75 Å². The molecule has 0 bridgehead atoms. The first kappa shape index (κ1) is 23.3. The predicted molar refractivity (Wildman–Crippen MR) is 127 cm³/mol. The van der Waals surface area contributed by atoms with E-state index in [1.165, 1.54) is 28.4 Å². The smallest absolute Gasteiger partial charge is 0.258 e. The second-order valence-corrected chi connectivity index (χ2v) is 10.4. The standard InChI is InChI=1S/C25H30N2O5S/c1-18(24-16-19-10-6-7-11-22(19)32-24)26(2)25(28)21-17-20(12-13-23(21)31-3)33(29,30)27-14-8-4-5-9-15-27/h6-7,10-13,16-18H,4-5,8-9,14-15H2,1-3H3. The summed E-state index contributed by atoms with van der Waals surface area (Å²) in [5.74, 6) is 0.644. The van der Waals surface area contributed by atoms with Crippen molar-refractivity contribution in [3.63, 3.8) is 0 Å². The number of hydrogen-bond acceptors (Lipinski definition) is 5. The molecule has 0 saturated carbocycles. The third-order valence-electron chi connectivity index (χ3n) is 6.36. The van der Waals surface area contributed by atoms with Crippen molar-refractivity contribution >= 4 is 26.9 Å². The molecule has 1 atom stereocenters. The highest BCUT2D eigenvalue weighted by atomic mass is 32.2. The van der Waals surface area contributed by atoms with Gasteiger partial charge in [0, 0.05) is 25.5 Å². The number of carbonyl (C=O) groups is 1. The summed E-state index contributed by atoms with van der Waals surface area (Å²) >= 11 is 0. The molecule has 176 valence electrons. The molecule has 1 fully saturated rings. The lowest BCUT2D eigenvalue weighted by Crippen LogP contribution is -2.33. The third-order valence-corrected chi connectivity index (χ3v) is 8.26. The summed E-state index contributed by atoms with van der Waals surface area (Å²) in [5, 5.41) is 0.961. The van der Waals surface area contributed by atoms with Gasteiger partial charge in [-0.15, -0.1) is 0 Å². The number of nitrogens with zero attached hydrogens (tertiary/aromatic N) is 2. The summed E-state index contributed by atoms with van der Waals surface area (Å²) in [5.41, 5.74) is 0.960. The molecule has 3 aromatic rings. The largest absolute Gasteiger partial charge is 0.496 e. The number of amides is 1. The summed E-state index contributed by atoms with van der Waals surface area (Å²) in [4.78, 5) is 15.1. The van der Waals surface area contributed by atoms with Crippen molar-refractivity contribution in [1.82, 2.24) is 9.21 Å². The van der Waals surface area contributed by atoms with Gasteiger partial charge in [-0.3, -0.25) is 4.79 Å². The van der Waals surface area contributed by atoms with E-state index in [2.05, 4.69) is 0 Å². The van der Waals surface area contributed by atoms with Crippen molar-refractivity contribution in [3.8, 4) is 5.75 Å². The first-order valence-corrected chi connectivity index (χ1v) is 12.7. The molecule has 1 aliphatic heterocycles. The minimum absolute atomic E-state index is 0.110. The Morgan fingerprint density at radius 1 is 1.06 bits per heavy atom. The van der Waals surface area contributed by atoms with E-state index in [1.54, 1.807) is 13.1 Å². The van der Waals surface area contributed by atoms with Gasteiger partial charge in [0.25, 0.3) is 5.91 Å². The van der Waals surface area contributed by atoms with Gasteiger partial charge < -0.3 is 14.1 Å². The van der Waals surface area contributed by atoms with Crippen molar-refractivity contribution in [3.05, 3.63) is 59.9 Å². The van der Waals surface area contributed by atoms with E-state index < -0.39 is 10.0 Å². The highest BCUT2D eigenvalue weighted by Crippen LogP contribution is 2.31. The molecule has 1 aliphatic rings. The Morgan fingerprint density at radius 3 is 2.42 bits per heavy atom. The Hall–Kier alpha value is -2.84. The van der Waals surface area contributed by atoms with E-state index in [9.17, 15) is 13.2 Å². The molecular formula is C25H30N2O5S. The molecule has 0 N–H and O–H groups in total. The van der Waals surface area contributed by atoms with E-state index in [0.29, 0.717) is 24.6 Å². The van der Waals surface area contributed by atoms with Crippen molar-refractivity contribution in [2.24, 2.45) is 0 Å². The minimum Gasteiger partial charge on any atom is -0.496 e. The molecule has 0 aliphatic carbocycles. The zero-order chi connectivity index (χ0) is 23.6. The van der Waals surface area contributed by atoms with Crippen molar-refractivity contribution in [2.45, 2.75) is 43.5 Å². The predicted octanol–water partition coefficient (Wildman–Crippen LogP) is 4.84. The van der Waals surface area contributed by atoms with Gasteiger partial charge in [-0.1, -0.05) is 31.0 Å². The fourth-order valence-corrected chi connectivity index (χ4v) is 5.75. The van der Waals surface area contributed by atoms with E-state index in [4.69, 9.17) is 9.15 Å². The quantitative estimate of drug-likeness (QED) is 0.515. The van der Waals surface area contributed by atoms with E-state index in [0.717, 1.165) is 36.7 Å². The summed E-state index contributed by atoms with van der Waals surface area (Å²) < 4.78 is 39.4. The van der Waals surface area contributed by atoms with Crippen LogP contribution in [0.3, 0.4) is 0 Å². The van der Waals surface area contributed by atoms with Crippen LogP contribution in [0, 0.1) is 0 Å². The van der Waals surface area contributed by atoms with Gasteiger partial charge in [-0.25, -0.2) is 8.42 Å². The van der Waals surface area contributed by atoms with Crippen LogP contribution in [-0.4, -0.2) is 50.8 Å². The van der Waals surface area contributed by atoms with E-state index in [-0.39, 0.29) is 22.4 Å². The number of ether oxygens (including phenoxy) is 1. The van der Waals surface area contributed by atoms with Crippen molar-refractivity contribution < 1.29 is 22.4 Å². The minimum atomic E-state index is -3.69. The van der Waals surface area contributed by atoms with Crippen LogP contribution in [0.25, 0.3) is 11.0 Å². The maximum Gasteiger partial charge on any atom is 0.258 e. The first-order chi connectivity index (χ1) is 15.8. The fourth-order valence-electron chi connectivity index (χ4n) is 4.21. The maximum atomic E-state index is 13.5. The SMILES string of the molecule is COc1ccc(S(=O)(=O)N2CCCCCC2)cc1C(=O)N(C)C(C)c1cc2ccccc2o1. The average molecular weight is 471 g/mol. The van der Waals surface area contributed by atoms with Crippen LogP contribution >= 0.6 is 0 Å². The lowest BCUT2D eigenvalue weighted by molar-refractivity contribution is 0.0724. The molecule has 8 heteroatoms. The van der Waals surface area contributed by atoms with Crippen LogP contribution in [0.1, 0.15) is 54.8 Å². The highest BCUT2D eigenvalue weighted by Gasteiger charge is 2.29. The molecule has 0 radical (unpaired) electrons. The van der Waals surface area contributed by atoms with Crippen molar-refractivity contribution in [1.29, 1.82) is 0 Å². The first-order valence-electron chi connectivity index (χ1n) is 11.3. The number of para-hydroxylation sites is 1. The van der Waals surface area contributed by atoms with Crippen LogP contribution in [-0.2, 0) is 10.0 Å². The van der Waals surface area contributed by atoms with E-state index >= 15 is 0 Å². The van der Waals surface area contributed by atoms with E-state index in [1.807, 2.05) is 37.3 Å². The third kappa shape index (κ3) is 4.63. The summed E-state index contributed by atoms with van der Waals surface area (Å²) in [6.45, 7) is 2.88. The van der Waals surface area contributed by atoms with Crippen LogP contribution in [0.15, 0.2) is 57.8 Å². The zero-order valence-electron chi connectivity index (χ0n) is 19.3. The number of fused-ring (bicyclic) bond motifs is 1. The molecule has 1 amide bonds. The number of hydrogen-bond donors (Lipinski definition) is 0. The number of rotatable bonds is 6. The summed E-state index contributed by atoms with van der Waals surface area (Å²) in [6.07, 6.45) is 3.75. The number of carbonyl (C=O) groups excluding carboxylic acids is 1. The normalized spacial score (nSPS) is 16.3. The van der Waals surface area contributed by atoms with Gasteiger partial charge in [0.1, 0.15) is 17.1 Å². The number of furan rings is 1. The summed E-state index contributed by atoms with van der Waals surface area (Å²) in [7, 11) is -0.547. The van der Waals surface area contributed by atoms with Gasteiger partial charge in [-0.2, -0.15) is 4.31 Å². The second-order valence-electron chi connectivity index (χ2n) is 8.46. The molecule has 2 heterocycles. The number of methoxy groups -OCH3 is 1. The fraction of sp³-hybridized carbons (Fsp3) is 0.400. The molecule has 0 spiro atoms. The molecule has 1 saturated heterocycles. The van der Waals surface area contributed by atoms with Crippen LogP contribution < -0.4 is 4.74 Å². The monoisotopic (exact) mass is 470 g/mol. The zero-order valence-corrected chi connectivity index (χ0v) is 20.1. The Bertz CT molecular complexity index is 1210. The molecule has 33 heavy (non-hydrogen) atoms. The Balaban J connectivity index is 1.64. The molecule has 1 unspecified atom stereocenters. The topological polar surface area (TPSA) is 80.1 Å². The Morgan fingerprint density at radius 2 is 1.76 bits per heavy atom. The molecule has 7 nitrogen and oxygen atoms in total. The van der Waals surface area contributed by atoms with Crippen LogP contribution in [0.2, 0.25) is 0 Å². The Kier molecular flexibility index (Phi) is 6.76. The average Bonchev–Trinajstić information content (AvgIpc) is 3.07. The second kappa shape index (κ2) is 9.57. The lowest BCUT2D eigenvalue weighted by atomic mass is 10.1. The number of benzene rings is 2. The highest BCUT2D eigenvalue weighted by molar-refractivity contribution is 7.89. The van der Waals surface area contributed by atoms with Gasteiger partial charge in [0.05, 0.1) is 23.6 Å². The lowest BCUT2D eigenvalue weighted by Gasteiger charge is -2.25. The molecule has 4 rings (SSSR count). The summed E-state index contributed by atoms with van der Waals surface area (Å²) in [6, 6.07) is 13.7. The van der Waals surface area contributed by atoms with Crippen molar-refractivity contribution in [2.75, 3.05) is 27.2 Å². The van der Waals surface area contributed by atoms with Gasteiger partial charge in [0.2, 0.25) is 10.0 Å².